The Labute approximate surface area is 112 Å². The maximum absolute atomic E-state index is 13.1. The summed E-state index contributed by atoms with van der Waals surface area (Å²) >= 11 is 0. The summed E-state index contributed by atoms with van der Waals surface area (Å²) in [5.41, 5.74) is 0.661. The van der Waals surface area contributed by atoms with E-state index in [2.05, 4.69) is 0 Å². The van der Waals surface area contributed by atoms with Crippen LogP contribution in [0.2, 0.25) is 0 Å². The first-order valence-electron chi connectivity index (χ1n) is 6.49. The lowest BCUT2D eigenvalue weighted by atomic mass is 10.2. The fourth-order valence-electron chi connectivity index (χ4n) is 2.39. The van der Waals surface area contributed by atoms with E-state index in [4.69, 9.17) is 0 Å². The largest absolute Gasteiger partial charge is 0.508 e. The Morgan fingerprint density at radius 2 is 2.05 bits per heavy atom. The number of carbonyl (C=O) groups excluding carboxylic acids is 1. The van der Waals surface area contributed by atoms with Crippen LogP contribution in [0.4, 0.5) is 4.39 Å². The summed E-state index contributed by atoms with van der Waals surface area (Å²) in [5, 5.41) is 9.33. The SMILES string of the molecule is CN(CC(=O)N1CCCC1)Cc1cc(O)cc(F)c1. The number of halogens is 1. The molecule has 19 heavy (non-hydrogen) atoms. The smallest absolute Gasteiger partial charge is 0.236 e. The Hall–Kier alpha value is -1.62. The van der Waals surface area contributed by atoms with Gasteiger partial charge in [-0.25, -0.2) is 4.39 Å². The highest BCUT2D eigenvalue weighted by Crippen LogP contribution is 2.16. The fraction of sp³-hybridized carbons (Fsp3) is 0.500. The zero-order chi connectivity index (χ0) is 13.8. The monoisotopic (exact) mass is 266 g/mol. The molecule has 1 saturated heterocycles. The molecular weight excluding hydrogens is 247 g/mol. The molecule has 2 rings (SSSR count). The molecule has 0 spiro atoms. The minimum atomic E-state index is -0.464. The van der Waals surface area contributed by atoms with E-state index in [-0.39, 0.29) is 11.7 Å². The Morgan fingerprint density at radius 3 is 2.68 bits per heavy atom. The van der Waals surface area contributed by atoms with E-state index in [0.717, 1.165) is 32.0 Å². The number of phenolic OH excluding ortho intramolecular Hbond substituents is 1. The van der Waals surface area contributed by atoms with E-state index in [9.17, 15) is 14.3 Å². The highest BCUT2D eigenvalue weighted by Gasteiger charge is 2.19. The molecule has 1 amide bonds. The zero-order valence-electron chi connectivity index (χ0n) is 11.1. The van der Waals surface area contributed by atoms with Gasteiger partial charge in [-0.3, -0.25) is 9.69 Å². The molecule has 1 aliphatic heterocycles. The lowest BCUT2D eigenvalue weighted by molar-refractivity contribution is -0.131. The van der Waals surface area contributed by atoms with Gasteiger partial charge in [-0.2, -0.15) is 0 Å². The van der Waals surface area contributed by atoms with E-state index in [1.807, 2.05) is 16.8 Å². The quantitative estimate of drug-likeness (QED) is 0.900. The first-order valence-corrected chi connectivity index (χ1v) is 6.49. The van der Waals surface area contributed by atoms with Gasteiger partial charge in [0.05, 0.1) is 6.54 Å². The fourth-order valence-corrected chi connectivity index (χ4v) is 2.39. The van der Waals surface area contributed by atoms with Gasteiger partial charge in [0, 0.05) is 25.7 Å². The van der Waals surface area contributed by atoms with Crippen molar-refractivity contribution in [2.45, 2.75) is 19.4 Å². The van der Waals surface area contributed by atoms with Crippen molar-refractivity contribution in [2.75, 3.05) is 26.7 Å². The number of likely N-dealkylation sites (N-methyl/N-ethyl adjacent to an activating group) is 1. The van der Waals surface area contributed by atoms with E-state index in [1.54, 1.807) is 0 Å². The molecule has 0 atom stereocenters. The molecule has 5 heteroatoms. The Kier molecular flexibility index (Phi) is 4.37. The number of rotatable bonds is 4. The van der Waals surface area contributed by atoms with E-state index >= 15 is 0 Å². The van der Waals surface area contributed by atoms with Gasteiger partial charge >= 0.3 is 0 Å². The van der Waals surface area contributed by atoms with Crippen molar-refractivity contribution in [3.63, 3.8) is 0 Å². The summed E-state index contributed by atoms with van der Waals surface area (Å²) in [5.74, 6) is -0.441. The maximum atomic E-state index is 13.1. The van der Waals surface area contributed by atoms with Gasteiger partial charge in [-0.15, -0.1) is 0 Å². The molecular formula is C14H19FN2O2. The van der Waals surface area contributed by atoms with Crippen LogP contribution in [0.1, 0.15) is 18.4 Å². The van der Waals surface area contributed by atoms with Gasteiger partial charge < -0.3 is 10.0 Å². The highest BCUT2D eigenvalue weighted by molar-refractivity contribution is 5.78. The van der Waals surface area contributed by atoms with Crippen LogP contribution < -0.4 is 0 Å². The third-order valence-electron chi connectivity index (χ3n) is 3.26. The third kappa shape index (κ3) is 3.92. The Morgan fingerprint density at radius 1 is 1.37 bits per heavy atom. The maximum Gasteiger partial charge on any atom is 0.236 e. The highest BCUT2D eigenvalue weighted by atomic mass is 19.1. The second-order valence-electron chi connectivity index (χ2n) is 5.08. The molecule has 0 radical (unpaired) electrons. The first-order chi connectivity index (χ1) is 9.04. The summed E-state index contributed by atoms with van der Waals surface area (Å²) in [6.45, 7) is 2.43. The number of aromatic hydroxyl groups is 1. The van der Waals surface area contributed by atoms with Crippen molar-refractivity contribution >= 4 is 5.91 Å². The molecule has 0 bridgehead atoms. The molecule has 0 saturated carbocycles. The van der Waals surface area contributed by atoms with Crippen LogP contribution in [0.3, 0.4) is 0 Å². The lowest BCUT2D eigenvalue weighted by Gasteiger charge is -2.21. The van der Waals surface area contributed by atoms with E-state index in [0.29, 0.717) is 18.7 Å². The number of benzene rings is 1. The van der Waals surface area contributed by atoms with Crippen LogP contribution in [-0.2, 0) is 11.3 Å². The van der Waals surface area contributed by atoms with E-state index < -0.39 is 5.82 Å². The van der Waals surface area contributed by atoms with Gasteiger partial charge in [0.2, 0.25) is 5.91 Å². The minimum absolute atomic E-state index is 0.0886. The van der Waals surface area contributed by atoms with Crippen LogP contribution in [0.15, 0.2) is 18.2 Å². The standard InChI is InChI=1S/C14H19FN2O2/c1-16(10-14(19)17-4-2-3-5-17)9-11-6-12(15)8-13(18)7-11/h6-8,18H,2-5,9-10H2,1H3. The van der Waals surface area contributed by atoms with Crippen LogP contribution in [0, 0.1) is 5.82 Å². The second kappa shape index (κ2) is 6.02. The van der Waals surface area contributed by atoms with Gasteiger partial charge in [-0.05, 0) is 37.6 Å². The van der Waals surface area contributed by atoms with Crippen molar-refractivity contribution in [1.82, 2.24) is 9.80 Å². The number of amides is 1. The minimum Gasteiger partial charge on any atom is -0.508 e. The Bertz CT molecular complexity index is 439. The number of likely N-dealkylation sites (tertiary alicyclic amines) is 1. The molecule has 4 nitrogen and oxygen atoms in total. The molecule has 1 aromatic carbocycles. The van der Waals surface area contributed by atoms with Crippen LogP contribution >= 0.6 is 0 Å². The van der Waals surface area contributed by atoms with Gasteiger partial charge in [0.15, 0.2) is 0 Å². The van der Waals surface area contributed by atoms with E-state index in [1.165, 1.54) is 12.1 Å². The van der Waals surface area contributed by atoms with Gasteiger partial charge in [0.1, 0.15) is 11.6 Å². The van der Waals surface area contributed by atoms with Crippen LogP contribution in [0.25, 0.3) is 0 Å². The molecule has 1 fully saturated rings. The number of nitrogens with zero attached hydrogens (tertiary/aromatic N) is 2. The number of hydrogen-bond donors (Lipinski definition) is 1. The Balaban J connectivity index is 1.89. The molecule has 1 N–H and O–H groups in total. The van der Waals surface area contributed by atoms with Crippen molar-refractivity contribution in [1.29, 1.82) is 0 Å². The van der Waals surface area contributed by atoms with Gasteiger partial charge in [-0.1, -0.05) is 0 Å². The molecule has 1 aromatic rings. The third-order valence-corrected chi connectivity index (χ3v) is 3.26. The first kappa shape index (κ1) is 13.8. The molecule has 0 unspecified atom stereocenters. The summed E-state index contributed by atoms with van der Waals surface area (Å²) in [7, 11) is 1.82. The molecule has 1 heterocycles. The number of hydrogen-bond acceptors (Lipinski definition) is 3. The molecule has 104 valence electrons. The summed E-state index contributed by atoms with van der Waals surface area (Å²) in [6.07, 6.45) is 2.15. The molecule has 1 aliphatic rings. The van der Waals surface area contributed by atoms with Crippen LogP contribution in [-0.4, -0.2) is 47.5 Å². The molecule has 0 aromatic heterocycles. The average Bonchev–Trinajstić information content (AvgIpc) is 2.80. The van der Waals surface area contributed by atoms with Crippen molar-refractivity contribution in [3.05, 3.63) is 29.6 Å². The topological polar surface area (TPSA) is 43.8 Å². The summed E-state index contributed by atoms with van der Waals surface area (Å²) in [6, 6.07) is 3.95. The second-order valence-corrected chi connectivity index (χ2v) is 5.08. The van der Waals surface area contributed by atoms with Gasteiger partial charge in [0.25, 0.3) is 0 Å². The average molecular weight is 266 g/mol. The number of carbonyl (C=O) groups is 1. The zero-order valence-corrected chi connectivity index (χ0v) is 11.1. The van der Waals surface area contributed by atoms with Crippen molar-refractivity contribution in [2.24, 2.45) is 0 Å². The summed E-state index contributed by atoms with van der Waals surface area (Å²) < 4.78 is 13.1. The van der Waals surface area contributed by atoms with Crippen molar-refractivity contribution in [3.8, 4) is 5.75 Å². The predicted octanol–water partition coefficient (Wildman–Crippen LogP) is 1.59. The number of phenols is 1. The van der Waals surface area contributed by atoms with Crippen molar-refractivity contribution < 1.29 is 14.3 Å². The lowest BCUT2D eigenvalue weighted by Crippen LogP contribution is -2.36. The summed E-state index contributed by atoms with van der Waals surface area (Å²) in [4.78, 5) is 15.6. The molecule has 0 aliphatic carbocycles. The van der Waals surface area contributed by atoms with Crippen LogP contribution in [0.5, 0.6) is 5.75 Å². The normalized spacial score (nSPS) is 15.2. The predicted molar refractivity (Wildman–Crippen MR) is 70.2 cm³/mol.